The van der Waals surface area contributed by atoms with E-state index in [-0.39, 0.29) is 18.6 Å². The molecule has 0 atom stereocenters. The van der Waals surface area contributed by atoms with Crippen molar-refractivity contribution in [3.05, 3.63) is 0 Å². The Hall–Kier alpha value is -1.39. The van der Waals surface area contributed by atoms with Crippen LogP contribution >= 0.6 is 0 Å². The van der Waals surface area contributed by atoms with Crippen LogP contribution in [0.3, 0.4) is 0 Å². The Labute approximate surface area is 63.3 Å². The van der Waals surface area contributed by atoms with E-state index in [9.17, 15) is 9.59 Å². The van der Waals surface area contributed by atoms with Crippen LogP contribution in [0.5, 0.6) is 0 Å². The van der Waals surface area contributed by atoms with Crippen LogP contribution in [0, 0.1) is 0 Å². The van der Waals surface area contributed by atoms with E-state index in [1.54, 1.807) is 0 Å². The van der Waals surface area contributed by atoms with Crippen molar-refractivity contribution in [1.29, 1.82) is 0 Å². The fourth-order valence-corrected chi connectivity index (χ4v) is 0.457. The van der Waals surface area contributed by atoms with Crippen LogP contribution in [0.4, 0.5) is 0 Å². The zero-order valence-electron chi connectivity index (χ0n) is 6.07. The lowest BCUT2D eigenvalue weighted by Gasteiger charge is -1.93. The molecule has 0 amide bonds. The molecule has 0 aromatic carbocycles. The van der Waals surface area contributed by atoms with Crippen molar-refractivity contribution in [3.63, 3.8) is 0 Å². The predicted molar refractivity (Wildman–Crippen MR) is 36.8 cm³/mol. The van der Waals surface area contributed by atoms with Crippen LogP contribution < -0.4 is 0 Å². The first-order chi connectivity index (χ1) is 5.07. The second-order valence-electron chi connectivity index (χ2n) is 2.00. The lowest BCUT2D eigenvalue weighted by Crippen LogP contribution is -2.11. The number of hydrogen-bond acceptors (Lipinski definition) is 4. The maximum Gasteiger partial charge on any atom is 0.303 e. The van der Waals surface area contributed by atoms with E-state index < -0.39 is 11.8 Å². The molecule has 0 aromatic rings. The quantitative estimate of drug-likeness (QED) is 0.350. The number of Topliss-reactive ketones (excluding diaryl/α,β-unsaturated/α-hetero) is 1. The van der Waals surface area contributed by atoms with Gasteiger partial charge in [0.15, 0.2) is 5.78 Å². The molecule has 11 heavy (non-hydrogen) atoms. The largest absolute Gasteiger partial charge is 0.481 e. The van der Waals surface area contributed by atoms with Gasteiger partial charge in [-0.1, -0.05) is 5.16 Å². The highest BCUT2D eigenvalue weighted by Gasteiger charge is 2.08. The van der Waals surface area contributed by atoms with Gasteiger partial charge in [0.1, 0.15) is 5.71 Å². The Balaban J connectivity index is 3.80. The number of carbonyl (C=O) groups is 2. The fourth-order valence-electron chi connectivity index (χ4n) is 0.457. The SMILES string of the molecule is CC(=NO)C(=O)CCC(=O)O. The first-order valence-corrected chi connectivity index (χ1v) is 3.01. The monoisotopic (exact) mass is 159 g/mol. The van der Waals surface area contributed by atoms with Gasteiger partial charge in [-0.15, -0.1) is 0 Å². The number of nitrogens with zero attached hydrogens (tertiary/aromatic N) is 1. The molecule has 2 N–H and O–H groups in total. The minimum absolute atomic E-state index is 0.0637. The van der Waals surface area contributed by atoms with Crippen molar-refractivity contribution >= 4 is 17.5 Å². The van der Waals surface area contributed by atoms with E-state index >= 15 is 0 Å². The molecule has 0 rings (SSSR count). The summed E-state index contributed by atoms with van der Waals surface area (Å²) < 4.78 is 0. The lowest BCUT2D eigenvalue weighted by atomic mass is 10.1. The van der Waals surface area contributed by atoms with E-state index in [4.69, 9.17) is 10.3 Å². The Kier molecular flexibility index (Phi) is 3.87. The molecule has 5 nitrogen and oxygen atoms in total. The van der Waals surface area contributed by atoms with Gasteiger partial charge in [0.25, 0.3) is 0 Å². The third-order valence-corrected chi connectivity index (χ3v) is 1.12. The van der Waals surface area contributed by atoms with Gasteiger partial charge in [0.05, 0.1) is 6.42 Å². The molecular weight excluding hydrogens is 150 g/mol. The number of ketones is 1. The zero-order chi connectivity index (χ0) is 8.85. The predicted octanol–water partition coefficient (Wildman–Crippen LogP) is 0.270. The topological polar surface area (TPSA) is 87.0 Å². The van der Waals surface area contributed by atoms with Gasteiger partial charge >= 0.3 is 5.97 Å². The second-order valence-corrected chi connectivity index (χ2v) is 2.00. The molecule has 0 aliphatic carbocycles. The number of rotatable bonds is 4. The Morgan fingerprint density at radius 1 is 1.36 bits per heavy atom. The molecule has 62 valence electrons. The number of hydrogen-bond donors (Lipinski definition) is 2. The highest BCUT2D eigenvalue weighted by Crippen LogP contribution is 1.92. The van der Waals surface area contributed by atoms with Crippen molar-refractivity contribution in [1.82, 2.24) is 0 Å². The van der Waals surface area contributed by atoms with Crippen LogP contribution in [-0.2, 0) is 9.59 Å². The highest BCUT2D eigenvalue weighted by atomic mass is 16.4. The molecule has 0 saturated carbocycles. The van der Waals surface area contributed by atoms with Crippen LogP contribution in [0.25, 0.3) is 0 Å². The van der Waals surface area contributed by atoms with Crippen LogP contribution in [0.15, 0.2) is 5.16 Å². The third kappa shape index (κ3) is 4.07. The minimum Gasteiger partial charge on any atom is -0.481 e. The van der Waals surface area contributed by atoms with Crippen molar-refractivity contribution in [2.45, 2.75) is 19.8 Å². The third-order valence-electron chi connectivity index (χ3n) is 1.12. The van der Waals surface area contributed by atoms with Crippen LogP contribution in [-0.4, -0.2) is 27.8 Å². The lowest BCUT2D eigenvalue weighted by molar-refractivity contribution is -0.138. The summed E-state index contributed by atoms with van der Waals surface area (Å²) in [6.07, 6.45) is -0.350. The highest BCUT2D eigenvalue weighted by molar-refractivity contribution is 6.38. The van der Waals surface area contributed by atoms with Gasteiger partial charge in [-0.25, -0.2) is 0 Å². The van der Waals surface area contributed by atoms with E-state index in [1.165, 1.54) is 6.92 Å². The number of carboxylic acid groups (broad SMARTS) is 1. The minimum atomic E-state index is -1.04. The molecule has 0 saturated heterocycles. The summed E-state index contributed by atoms with van der Waals surface area (Å²) in [5, 5.41) is 18.9. The van der Waals surface area contributed by atoms with Crippen LogP contribution in [0.2, 0.25) is 0 Å². The normalized spacial score (nSPS) is 11.2. The number of carbonyl (C=O) groups excluding carboxylic acids is 1. The molecular formula is C6H9NO4. The summed E-state index contributed by atoms with van der Waals surface area (Å²) in [4.78, 5) is 20.7. The smallest absolute Gasteiger partial charge is 0.303 e. The van der Waals surface area contributed by atoms with Crippen molar-refractivity contribution in [3.8, 4) is 0 Å². The number of carboxylic acids is 1. The van der Waals surface area contributed by atoms with Gasteiger partial charge in [-0.05, 0) is 6.92 Å². The van der Waals surface area contributed by atoms with Gasteiger partial charge in [-0.2, -0.15) is 0 Å². The standard InChI is InChI=1S/C6H9NO4/c1-4(7-11)5(8)2-3-6(9)10/h11H,2-3H2,1H3,(H,9,10). The summed E-state index contributed by atoms with van der Waals surface area (Å²) >= 11 is 0. The summed E-state index contributed by atoms with van der Waals surface area (Å²) in [5.41, 5.74) is -0.0637. The summed E-state index contributed by atoms with van der Waals surface area (Å²) in [6.45, 7) is 1.32. The van der Waals surface area contributed by atoms with Gasteiger partial charge < -0.3 is 10.3 Å². The van der Waals surface area contributed by atoms with Gasteiger partial charge in [0.2, 0.25) is 0 Å². The Morgan fingerprint density at radius 2 is 1.91 bits per heavy atom. The van der Waals surface area contributed by atoms with E-state index in [0.29, 0.717) is 0 Å². The van der Waals surface area contributed by atoms with E-state index in [1.807, 2.05) is 0 Å². The van der Waals surface area contributed by atoms with Gasteiger partial charge in [-0.3, -0.25) is 9.59 Å². The van der Waals surface area contributed by atoms with Crippen molar-refractivity contribution in [2.75, 3.05) is 0 Å². The zero-order valence-corrected chi connectivity index (χ0v) is 6.07. The molecule has 5 heteroatoms. The average Bonchev–Trinajstić information content (AvgIpc) is 1.98. The van der Waals surface area contributed by atoms with Gasteiger partial charge in [0, 0.05) is 6.42 Å². The second kappa shape index (κ2) is 4.43. The molecule has 0 fully saturated rings. The average molecular weight is 159 g/mol. The molecule has 0 radical (unpaired) electrons. The molecule has 0 unspecified atom stereocenters. The van der Waals surface area contributed by atoms with E-state index in [0.717, 1.165) is 0 Å². The van der Waals surface area contributed by atoms with Crippen LogP contribution in [0.1, 0.15) is 19.8 Å². The molecule has 0 aliphatic rings. The summed E-state index contributed by atoms with van der Waals surface area (Å²) in [6, 6.07) is 0. The Bertz CT molecular complexity index is 197. The maximum absolute atomic E-state index is 10.7. The van der Waals surface area contributed by atoms with Crippen molar-refractivity contribution < 1.29 is 19.9 Å². The molecule has 0 aliphatic heterocycles. The molecule has 0 bridgehead atoms. The van der Waals surface area contributed by atoms with E-state index in [2.05, 4.69) is 5.16 Å². The number of oxime groups is 1. The molecule has 0 heterocycles. The summed E-state index contributed by atoms with van der Waals surface area (Å²) in [7, 11) is 0. The first kappa shape index (κ1) is 9.61. The maximum atomic E-state index is 10.7. The summed E-state index contributed by atoms with van der Waals surface area (Å²) in [5.74, 6) is -1.49. The number of aliphatic carboxylic acids is 1. The fraction of sp³-hybridized carbons (Fsp3) is 0.500. The first-order valence-electron chi connectivity index (χ1n) is 3.01. The van der Waals surface area contributed by atoms with Crippen molar-refractivity contribution in [2.24, 2.45) is 5.16 Å². The Morgan fingerprint density at radius 3 is 2.27 bits per heavy atom. The molecule has 0 aromatic heterocycles. The molecule has 0 spiro atoms.